The molecule has 0 aromatic heterocycles. The highest BCUT2D eigenvalue weighted by molar-refractivity contribution is 6.06. The molecule has 1 aliphatic carbocycles. The van der Waals surface area contributed by atoms with E-state index in [1.165, 1.54) is 23.1 Å². The molecule has 11 heteroatoms. The first-order valence-electron chi connectivity index (χ1n) is 10.9. The van der Waals surface area contributed by atoms with E-state index < -0.39 is 53.9 Å². The van der Waals surface area contributed by atoms with Crippen LogP contribution < -0.4 is 10.6 Å². The van der Waals surface area contributed by atoms with Crippen LogP contribution in [0.2, 0.25) is 0 Å². The van der Waals surface area contributed by atoms with Crippen molar-refractivity contribution in [2.24, 2.45) is 5.92 Å². The van der Waals surface area contributed by atoms with E-state index in [9.17, 15) is 37.5 Å². The third kappa shape index (κ3) is 4.73. The summed E-state index contributed by atoms with van der Waals surface area (Å²) < 4.78 is 41.0. The second-order valence-electron chi connectivity index (χ2n) is 8.83. The third-order valence-electron chi connectivity index (χ3n) is 6.64. The predicted molar refractivity (Wildman–Crippen MR) is 108 cm³/mol. The molecule has 3 aliphatic rings. The first-order chi connectivity index (χ1) is 15.5. The summed E-state index contributed by atoms with van der Waals surface area (Å²) in [6, 6.07) is 1.17. The number of fused-ring (bicyclic) bond motifs is 1. The molecule has 0 radical (unpaired) electrons. The number of piperidine rings is 1. The number of imide groups is 1. The molecule has 1 aromatic rings. The summed E-state index contributed by atoms with van der Waals surface area (Å²) in [4.78, 5) is 50.3. The van der Waals surface area contributed by atoms with Gasteiger partial charge < -0.3 is 15.3 Å². The number of aliphatic hydroxyl groups excluding tert-OH is 1. The maximum atomic E-state index is 13.7. The fraction of sp³-hybridized carbons (Fsp3) is 0.545. The average molecular weight is 467 g/mol. The Balaban J connectivity index is 1.49. The van der Waals surface area contributed by atoms with Gasteiger partial charge in [0, 0.05) is 24.1 Å². The fourth-order valence-electron chi connectivity index (χ4n) is 4.84. The molecule has 1 aromatic carbocycles. The molecule has 4 amide bonds. The molecule has 2 heterocycles. The number of carbonyl (C=O) groups excluding carboxylic acids is 4. The molecule has 2 aliphatic heterocycles. The van der Waals surface area contributed by atoms with Gasteiger partial charge in [-0.05, 0) is 61.8 Å². The highest BCUT2D eigenvalue weighted by Gasteiger charge is 2.46. The maximum absolute atomic E-state index is 13.7. The van der Waals surface area contributed by atoms with Crippen molar-refractivity contribution in [2.45, 2.75) is 69.4 Å². The number of hydrogen-bond acceptors (Lipinski definition) is 5. The van der Waals surface area contributed by atoms with E-state index in [0.717, 1.165) is 0 Å². The van der Waals surface area contributed by atoms with Crippen molar-refractivity contribution < 1.29 is 37.5 Å². The van der Waals surface area contributed by atoms with Crippen LogP contribution in [0.5, 0.6) is 0 Å². The number of carbonyl (C=O) groups is 4. The SMILES string of the molecule is O=C1CCC(N2Cc3cc(C(=O)N[C@H]([C@H]4CC[C@@H](O)CC4)C(F)(F)F)ccc3C2=O)C(=O)N1. The van der Waals surface area contributed by atoms with Crippen LogP contribution in [0.25, 0.3) is 0 Å². The van der Waals surface area contributed by atoms with Crippen molar-refractivity contribution in [2.75, 3.05) is 0 Å². The molecule has 0 spiro atoms. The van der Waals surface area contributed by atoms with Gasteiger partial charge in [-0.3, -0.25) is 24.5 Å². The summed E-state index contributed by atoms with van der Waals surface area (Å²) in [5.74, 6) is -3.14. The number of nitrogens with one attached hydrogen (secondary N) is 2. The quantitative estimate of drug-likeness (QED) is 0.583. The summed E-state index contributed by atoms with van der Waals surface area (Å²) in [6.07, 6.45) is -4.15. The molecule has 2 atom stereocenters. The van der Waals surface area contributed by atoms with Crippen molar-refractivity contribution in [1.82, 2.24) is 15.5 Å². The Morgan fingerprint density at radius 3 is 2.45 bits per heavy atom. The number of benzene rings is 1. The van der Waals surface area contributed by atoms with Crippen LogP contribution in [-0.2, 0) is 16.1 Å². The standard InChI is InChI=1S/C22H24F3N3O5/c23-22(24,25)18(11-1-4-14(29)5-2-11)27-19(31)12-3-6-15-13(9-12)10-28(21(15)33)16-7-8-17(30)26-20(16)32/h3,6,9,11,14,16,18,29H,1-2,4-5,7-8,10H2,(H,27,31)(H,26,30,32)/t11-,14+,16?,18-/m1/s1. The Labute approximate surface area is 187 Å². The van der Waals surface area contributed by atoms with Gasteiger partial charge in [0.25, 0.3) is 11.8 Å². The highest BCUT2D eigenvalue weighted by atomic mass is 19.4. The minimum absolute atomic E-state index is 0.0169. The Bertz CT molecular complexity index is 988. The lowest BCUT2D eigenvalue weighted by atomic mass is 9.82. The van der Waals surface area contributed by atoms with Crippen LogP contribution in [0.1, 0.15) is 64.8 Å². The van der Waals surface area contributed by atoms with E-state index in [1.807, 2.05) is 0 Å². The molecule has 2 fully saturated rings. The first kappa shape index (κ1) is 23.2. The van der Waals surface area contributed by atoms with Crippen molar-refractivity contribution in [3.8, 4) is 0 Å². The van der Waals surface area contributed by atoms with Crippen LogP contribution in [0, 0.1) is 5.92 Å². The monoisotopic (exact) mass is 467 g/mol. The van der Waals surface area contributed by atoms with Gasteiger partial charge in [0.05, 0.1) is 6.10 Å². The van der Waals surface area contributed by atoms with Crippen LogP contribution in [0.4, 0.5) is 13.2 Å². The Morgan fingerprint density at radius 2 is 1.82 bits per heavy atom. The number of rotatable bonds is 4. The van der Waals surface area contributed by atoms with Crippen LogP contribution >= 0.6 is 0 Å². The molecular formula is C22H24F3N3O5. The minimum Gasteiger partial charge on any atom is -0.393 e. The Kier molecular flexibility index (Phi) is 6.17. The molecule has 8 nitrogen and oxygen atoms in total. The molecule has 33 heavy (non-hydrogen) atoms. The zero-order valence-electron chi connectivity index (χ0n) is 17.7. The number of nitrogens with zero attached hydrogens (tertiary/aromatic N) is 1. The lowest BCUT2D eigenvalue weighted by molar-refractivity contribution is -0.169. The summed E-state index contributed by atoms with van der Waals surface area (Å²) in [5.41, 5.74) is 0.684. The van der Waals surface area contributed by atoms with Gasteiger partial charge in [0.2, 0.25) is 11.8 Å². The summed E-state index contributed by atoms with van der Waals surface area (Å²) >= 11 is 0. The second-order valence-corrected chi connectivity index (χ2v) is 8.83. The van der Waals surface area contributed by atoms with Crippen molar-refractivity contribution >= 4 is 23.6 Å². The molecule has 1 saturated carbocycles. The fourth-order valence-corrected chi connectivity index (χ4v) is 4.84. The van der Waals surface area contributed by atoms with E-state index >= 15 is 0 Å². The van der Waals surface area contributed by atoms with E-state index in [2.05, 4.69) is 10.6 Å². The lowest BCUT2D eigenvalue weighted by Crippen LogP contribution is -2.52. The topological polar surface area (TPSA) is 116 Å². The van der Waals surface area contributed by atoms with Crippen molar-refractivity contribution in [3.05, 3.63) is 34.9 Å². The zero-order valence-corrected chi connectivity index (χ0v) is 17.7. The number of amides is 4. The smallest absolute Gasteiger partial charge is 0.393 e. The average Bonchev–Trinajstić information content (AvgIpc) is 3.07. The molecule has 4 rings (SSSR count). The number of alkyl halides is 3. The zero-order chi connectivity index (χ0) is 23.9. The Hall–Kier alpha value is -2.95. The van der Waals surface area contributed by atoms with E-state index in [-0.39, 0.29) is 56.2 Å². The van der Waals surface area contributed by atoms with Crippen LogP contribution in [-0.4, -0.2) is 58.0 Å². The third-order valence-corrected chi connectivity index (χ3v) is 6.64. The van der Waals surface area contributed by atoms with Crippen molar-refractivity contribution in [3.63, 3.8) is 0 Å². The Morgan fingerprint density at radius 1 is 1.12 bits per heavy atom. The van der Waals surface area contributed by atoms with Gasteiger partial charge in [-0.1, -0.05) is 0 Å². The van der Waals surface area contributed by atoms with E-state index in [0.29, 0.717) is 5.56 Å². The normalized spacial score (nSPS) is 26.6. The number of halogens is 3. The maximum Gasteiger partial charge on any atom is 0.408 e. The first-order valence-corrected chi connectivity index (χ1v) is 10.9. The van der Waals surface area contributed by atoms with Gasteiger partial charge in [-0.2, -0.15) is 13.2 Å². The van der Waals surface area contributed by atoms with Gasteiger partial charge >= 0.3 is 6.18 Å². The number of aliphatic hydroxyl groups is 1. The lowest BCUT2D eigenvalue weighted by Gasteiger charge is -2.33. The van der Waals surface area contributed by atoms with Gasteiger partial charge in [0.1, 0.15) is 12.1 Å². The summed E-state index contributed by atoms with van der Waals surface area (Å²) in [7, 11) is 0. The minimum atomic E-state index is -4.64. The molecular weight excluding hydrogens is 443 g/mol. The van der Waals surface area contributed by atoms with Crippen LogP contribution in [0.15, 0.2) is 18.2 Å². The predicted octanol–water partition coefficient (Wildman–Crippen LogP) is 1.66. The van der Waals surface area contributed by atoms with Crippen LogP contribution in [0.3, 0.4) is 0 Å². The van der Waals surface area contributed by atoms with Crippen molar-refractivity contribution in [1.29, 1.82) is 0 Å². The molecule has 3 N–H and O–H groups in total. The van der Waals surface area contributed by atoms with Gasteiger partial charge in [0.15, 0.2) is 0 Å². The van der Waals surface area contributed by atoms with Gasteiger partial charge in [-0.15, -0.1) is 0 Å². The largest absolute Gasteiger partial charge is 0.408 e. The highest BCUT2D eigenvalue weighted by Crippen LogP contribution is 2.35. The second kappa shape index (κ2) is 8.77. The molecule has 1 unspecified atom stereocenters. The van der Waals surface area contributed by atoms with Gasteiger partial charge in [-0.25, -0.2) is 0 Å². The van der Waals surface area contributed by atoms with E-state index in [4.69, 9.17) is 0 Å². The summed E-state index contributed by atoms with van der Waals surface area (Å²) in [5, 5.41) is 13.9. The molecule has 0 bridgehead atoms. The summed E-state index contributed by atoms with van der Waals surface area (Å²) in [6.45, 7) is 0.0186. The molecule has 178 valence electrons. The van der Waals surface area contributed by atoms with E-state index in [1.54, 1.807) is 0 Å². The molecule has 1 saturated heterocycles. The number of hydrogen-bond donors (Lipinski definition) is 3.